The predicted molar refractivity (Wildman–Crippen MR) is 88.8 cm³/mol. The third-order valence-electron chi connectivity index (χ3n) is 3.48. The maximum absolute atomic E-state index is 12.3. The number of carbonyl (C=O) groups excluding carboxylic acids is 1. The minimum absolute atomic E-state index is 0.00714. The topological polar surface area (TPSA) is 35.5 Å². The van der Waals surface area contributed by atoms with Crippen LogP contribution in [0, 0.1) is 13.8 Å². The van der Waals surface area contributed by atoms with Gasteiger partial charge in [0.1, 0.15) is 0 Å². The van der Waals surface area contributed by atoms with Crippen LogP contribution in [0.2, 0.25) is 0 Å². The standard InChI is InChI=1S/C19H20O3/c1-13-5-8-16(14(2)11-13)17(20)9-6-15-7-10-18(21-3)19(12-15)22-4/h5-12H,1-4H3/b9-6+. The summed E-state index contributed by atoms with van der Waals surface area (Å²) in [4.78, 5) is 12.3. The van der Waals surface area contributed by atoms with Crippen molar-refractivity contribution >= 4 is 11.9 Å². The second-order valence-corrected chi connectivity index (χ2v) is 5.13. The fraction of sp³-hybridized carbons (Fsp3) is 0.211. The fourth-order valence-electron chi connectivity index (χ4n) is 2.31. The highest BCUT2D eigenvalue weighted by atomic mass is 16.5. The summed E-state index contributed by atoms with van der Waals surface area (Å²) in [5, 5.41) is 0. The smallest absolute Gasteiger partial charge is 0.186 e. The largest absolute Gasteiger partial charge is 0.493 e. The molecule has 0 bridgehead atoms. The summed E-state index contributed by atoms with van der Waals surface area (Å²) in [7, 11) is 3.18. The molecule has 0 unspecified atom stereocenters. The van der Waals surface area contributed by atoms with Gasteiger partial charge >= 0.3 is 0 Å². The van der Waals surface area contributed by atoms with Crippen LogP contribution in [0.25, 0.3) is 6.08 Å². The summed E-state index contributed by atoms with van der Waals surface area (Å²) in [6.07, 6.45) is 3.36. The van der Waals surface area contributed by atoms with Crippen molar-refractivity contribution in [1.82, 2.24) is 0 Å². The second-order valence-electron chi connectivity index (χ2n) is 5.13. The van der Waals surface area contributed by atoms with E-state index < -0.39 is 0 Å². The van der Waals surface area contributed by atoms with Crippen LogP contribution in [0.5, 0.6) is 11.5 Å². The van der Waals surface area contributed by atoms with Gasteiger partial charge in [-0.1, -0.05) is 35.9 Å². The molecule has 0 amide bonds. The van der Waals surface area contributed by atoms with Crippen molar-refractivity contribution in [3.63, 3.8) is 0 Å². The fourth-order valence-corrected chi connectivity index (χ4v) is 2.31. The molecule has 2 aromatic rings. The molecule has 22 heavy (non-hydrogen) atoms. The van der Waals surface area contributed by atoms with Gasteiger partial charge in [0.2, 0.25) is 0 Å². The Balaban J connectivity index is 2.22. The zero-order chi connectivity index (χ0) is 16.1. The molecule has 0 aliphatic carbocycles. The van der Waals surface area contributed by atoms with Crippen molar-refractivity contribution < 1.29 is 14.3 Å². The Morgan fingerprint density at radius 3 is 2.32 bits per heavy atom. The quantitative estimate of drug-likeness (QED) is 0.612. The number of ether oxygens (including phenoxy) is 2. The van der Waals surface area contributed by atoms with Crippen molar-refractivity contribution in [2.24, 2.45) is 0 Å². The first-order chi connectivity index (χ1) is 10.5. The molecule has 0 aromatic heterocycles. The predicted octanol–water partition coefficient (Wildman–Crippen LogP) is 4.22. The van der Waals surface area contributed by atoms with E-state index in [-0.39, 0.29) is 5.78 Å². The molecule has 2 rings (SSSR count). The second kappa shape index (κ2) is 6.94. The van der Waals surface area contributed by atoms with Gasteiger partial charge in [0, 0.05) is 5.56 Å². The van der Waals surface area contributed by atoms with E-state index in [1.165, 1.54) is 0 Å². The summed E-state index contributed by atoms with van der Waals surface area (Å²) in [5.74, 6) is 1.30. The summed E-state index contributed by atoms with van der Waals surface area (Å²) in [6.45, 7) is 3.96. The summed E-state index contributed by atoms with van der Waals surface area (Å²) in [6, 6.07) is 11.4. The molecule has 3 nitrogen and oxygen atoms in total. The van der Waals surface area contributed by atoms with Gasteiger partial charge in [-0.2, -0.15) is 0 Å². The molecular weight excluding hydrogens is 276 g/mol. The maximum atomic E-state index is 12.3. The molecule has 2 aromatic carbocycles. The number of carbonyl (C=O) groups is 1. The summed E-state index contributed by atoms with van der Waals surface area (Å²) in [5.41, 5.74) is 3.75. The first-order valence-electron chi connectivity index (χ1n) is 7.07. The highest BCUT2D eigenvalue weighted by Gasteiger charge is 2.06. The Bertz CT molecular complexity index is 715. The number of hydrogen-bond donors (Lipinski definition) is 0. The Morgan fingerprint density at radius 1 is 0.955 bits per heavy atom. The number of allylic oxidation sites excluding steroid dienone is 1. The molecule has 114 valence electrons. The average Bonchev–Trinajstić information content (AvgIpc) is 2.52. The van der Waals surface area contributed by atoms with Gasteiger partial charge in [0.15, 0.2) is 17.3 Å². The van der Waals surface area contributed by atoms with Gasteiger partial charge < -0.3 is 9.47 Å². The number of ketones is 1. The number of rotatable bonds is 5. The molecule has 0 saturated carbocycles. The highest BCUT2D eigenvalue weighted by Crippen LogP contribution is 2.28. The molecule has 0 aliphatic rings. The zero-order valence-electron chi connectivity index (χ0n) is 13.3. The Labute approximate surface area is 131 Å². The van der Waals surface area contributed by atoms with E-state index in [2.05, 4.69) is 0 Å². The van der Waals surface area contributed by atoms with Crippen molar-refractivity contribution in [1.29, 1.82) is 0 Å². The van der Waals surface area contributed by atoms with E-state index in [0.717, 1.165) is 22.3 Å². The Kier molecular flexibility index (Phi) is 4.99. The number of aryl methyl sites for hydroxylation is 2. The van der Waals surface area contributed by atoms with Gasteiger partial charge in [-0.25, -0.2) is 0 Å². The molecule has 0 saturated heterocycles. The first kappa shape index (κ1) is 15.8. The SMILES string of the molecule is COc1ccc(/C=C/C(=O)c2ccc(C)cc2C)cc1OC. The summed E-state index contributed by atoms with van der Waals surface area (Å²) < 4.78 is 10.5. The van der Waals surface area contributed by atoms with Crippen molar-refractivity contribution in [3.8, 4) is 11.5 Å². The van der Waals surface area contributed by atoms with Gasteiger partial charge in [-0.15, -0.1) is 0 Å². The van der Waals surface area contributed by atoms with Crippen LogP contribution in [0.1, 0.15) is 27.0 Å². The van der Waals surface area contributed by atoms with Crippen LogP contribution in [0.3, 0.4) is 0 Å². The Morgan fingerprint density at radius 2 is 1.68 bits per heavy atom. The van der Waals surface area contributed by atoms with Crippen molar-refractivity contribution in [3.05, 3.63) is 64.7 Å². The van der Waals surface area contributed by atoms with E-state index in [1.54, 1.807) is 26.4 Å². The molecule has 0 aliphatic heterocycles. The first-order valence-corrected chi connectivity index (χ1v) is 7.07. The zero-order valence-corrected chi connectivity index (χ0v) is 13.3. The van der Waals surface area contributed by atoms with E-state index in [4.69, 9.17) is 9.47 Å². The van der Waals surface area contributed by atoms with Crippen molar-refractivity contribution in [2.75, 3.05) is 14.2 Å². The van der Waals surface area contributed by atoms with Crippen molar-refractivity contribution in [2.45, 2.75) is 13.8 Å². The molecule has 0 atom stereocenters. The van der Waals surface area contributed by atoms with Gasteiger partial charge in [0.25, 0.3) is 0 Å². The highest BCUT2D eigenvalue weighted by molar-refractivity contribution is 6.07. The third-order valence-corrected chi connectivity index (χ3v) is 3.48. The van der Waals surface area contributed by atoms with Crippen LogP contribution in [0.15, 0.2) is 42.5 Å². The summed E-state index contributed by atoms with van der Waals surface area (Å²) >= 11 is 0. The molecule has 0 spiro atoms. The van der Waals surface area contributed by atoms with Crippen LogP contribution in [-0.4, -0.2) is 20.0 Å². The molecule has 0 N–H and O–H groups in total. The monoisotopic (exact) mass is 296 g/mol. The minimum atomic E-state index is -0.00714. The van der Waals surface area contributed by atoms with E-state index in [0.29, 0.717) is 11.5 Å². The third kappa shape index (κ3) is 3.55. The van der Waals surface area contributed by atoms with Crippen LogP contribution in [-0.2, 0) is 0 Å². The lowest BCUT2D eigenvalue weighted by Gasteiger charge is -2.07. The average molecular weight is 296 g/mol. The van der Waals surface area contributed by atoms with Gasteiger partial charge in [-0.05, 0) is 43.2 Å². The molecule has 3 heteroatoms. The molecule has 0 heterocycles. The maximum Gasteiger partial charge on any atom is 0.186 e. The van der Waals surface area contributed by atoms with E-state index in [9.17, 15) is 4.79 Å². The van der Waals surface area contributed by atoms with E-state index >= 15 is 0 Å². The minimum Gasteiger partial charge on any atom is -0.493 e. The van der Waals surface area contributed by atoms with Crippen LogP contribution >= 0.6 is 0 Å². The van der Waals surface area contributed by atoms with Gasteiger partial charge in [-0.3, -0.25) is 4.79 Å². The molecule has 0 radical (unpaired) electrons. The number of methoxy groups -OCH3 is 2. The lowest BCUT2D eigenvalue weighted by atomic mass is 10.0. The lowest BCUT2D eigenvalue weighted by Crippen LogP contribution is -1.98. The lowest BCUT2D eigenvalue weighted by molar-refractivity contribution is 0.104. The normalized spacial score (nSPS) is 10.7. The van der Waals surface area contributed by atoms with Gasteiger partial charge in [0.05, 0.1) is 14.2 Å². The Hall–Kier alpha value is -2.55. The van der Waals surface area contributed by atoms with Crippen LogP contribution in [0.4, 0.5) is 0 Å². The van der Waals surface area contributed by atoms with E-state index in [1.807, 2.05) is 50.2 Å². The number of hydrogen-bond acceptors (Lipinski definition) is 3. The number of benzene rings is 2. The molecular formula is C19H20O3. The molecule has 0 fully saturated rings. The van der Waals surface area contributed by atoms with Crippen LogP contribution < -0.4 is 9.47 Å².